The van der Waals surface area contributed by atoms with Crippen LogP contribution in [0, 0.1) is 6.92 Å². The Morgan fingerprint density at radius 3 is 2.87 bits per heavy atom. The quantitative estimate of drug-likeness (QED) is 0.457. The molecule has 0 unspecified atom stereocenters. The fourth-order valence-electron chi connectivity index (χ4n) is 1.95. The average Bonchev–Trinajstić information content (AvgIpc) is 2.95. The normalized spacial score (nSPS) is 11.3. The van der Waals surface area contributed by atoms with Gasteiger partial charge in [0.25, 0.3) is 0 Å². The van der Waals surface area contributed by atoms with Crippen molar-refractivity contribution < 1.29 is 4.74 Å². The summed E-state index contributed by atoms with van der Waals surface area (Å²) in [4.78, 5) is 8.62. The lowest BCUT2D eigenvalue weighted by Gasteiger charge is -2.12. The summed E-state index contributed by atoms with van der Waals surface area (Å²) in [6.45, 7) is 3.99. The fraction of sp³-hybridized carbons (Fsp3) is 0.375. The van der Waals surface area contributed by atoms with Crippen molar-refractivity contribution in [3.05, 3.63) is 45.4 Å². The van der Waals surface area contributed by atoms with Gasteiger partial charge in [0, 0.05) is 30.4 Å². The molecule has 0 saturated carbocycles. The Morgan fingerprint density at radius 2 is 2.17 bits per heavy atom. The minimum Gasteiger partial charge on any atom is -0.492 e. The fourth-order valence-corrected chi connectivity index (χ4v) is 2.78. The number of aliphatic imine (C=N–C) groups is 1. The van der Waals surface area contributed by atoms with Crippen LogP contribution in [0.15, 0.2) is 34.6 Å². The Morgan fingerprint density at radius 1 is 1.35 bits per heavy atom. The zero-order valence-electron chi connectivity index (χ0n) is 13.3. The number of benzene rings is 1. The van der Waals surface area contributed by atoms with Gasteiger partial charge in [0.15, 0.2) is 5.96 Å². The second-order valence-corrected chi connectivity index (χ2v) is 6.34. The molecule has 0 radical (unpaired) electrons. The van der Waals surface area contributed by atoms with Crippen LogP contribution in [0.25, 0.3) is 0 Å². The number of ether oxygens (including phenoxy) is 1. The van der Waals surface area contributed by atoms with Crippen molar-refractivity contribution >= 4 is 28.9 Å². The molecule has 0 saturated heterocycles. The third-order valence-corrected chi connectivity index (χ3v) is 4.08. The molecule has 0 bridgehead atoms. The minimum atomic E-state index is 0.534. The first-order chi connectivity index (χ1) is 11.2. The first-order valence-corrected chi connectivity index (χ1v) is 8.67. The molecule has 1 aromatic heterocycles. The molecule has 2 aromatic rings. The van der Waals surface area contributed by atoms with E-state index in [-0.39, 0.29) is 0 Å². The van der Waals surface area contributed by atoms with Gasteiger partial charge < -0.3 is 15.4 Å². The van der Waals surface area contributed by atoms with Crippen molar-refractivity contribution in [2.75, 3.05) is 26.7 Å². The van der Waals surface area contributed by atoms with E-state index in [0.717, 1.165) is 35.4 Å². The smallest absolute Gasteiger partial charge is 0.191 e. The number of rotatable bonds is 7. The molecule has 1 aromatic carbocycles. The van der Waals surface area contributed by atoms with Gasteiger partial charge in [-0.1, -0.05) is 17.7 Å². The summed E-state index contributed by atoms with van der Waals surface area (Å²) in [6.07, 6.45) is 0.879. The molecule has 2 rings (SSSR count). The molecule has 0 aliphatic carbocycles. The third kappa shape index (κ3) is 6.46. The molecule has 0 atom stereocenters. The van der Waals surface area contributed by atoms with E-state index < -0.39 is 0 Å². The van der Waals surface area contributed by atoms with Crippen molar-refractivity contribution in [1.29, 1.82) is 0 Å². The highest BCUT2D eigenvalue weighted by Gasteiger charge is 2.01. The maximum atomic E-state index is 5.91. The largest absolute Gasteiger partial charge is 0.492 e. The average molecular weight is 353 g/mol. The van der Waals surface area contributed by atoms with Gasteiger partial charge in [-0.2, -0.15) is 0 Å². The van der Waals surface area contributed by atoms with Crippen molar-refractivity contribution in [3.63, 3.8) is 0 Å². The van der Waals surface area contributed by atoms with Crippen LogP contribution in [0.4, 0.5) is 0 Å². The van der Waals surface area contributed by atoms with E-state index >= 15 is 0 Å². The maximum absolute atomic E-state index is 5.91. The predicted octanol–water partition coefficient (Wildman–Crippen LogP) is 2.89. The Labute approximate surface area is 145 Å². The second kappa shape index (κ2) is 9.37. The first-order valence-electron chi connectivity index (χ1n) is 7.41. The molecule has 0 spiro atoms. The molecule has 1 heterocycles. The van der Waals surface area contributed by atoms with Crippen LogP contribution in [0.1, 0.15) is 10.7 Å². The summed E-state index contributed by atoms with van der Waals surface area (Å²) in [5.74, 6) is 1.52. The molecule has 5 nitrogen and oxygen atoms in total. The van der Waals surface area contributed by atoms with Crippen molar-refractivity contribution in [3.8, 4) is 5.75 Å². The zero-order valence-corrected chi connectivity index (χ0v) is 14.9. The van der Waals surface area contributed by atoms with Crippen molar-refractivity contribution in [1.82, 2.24) is 15.6 Å². The molecule has 0 aliphatic heterocycles. The molecule has 124 valence electrons. The second-order valence-electron chi connectivity index (χ2n) is 4.84. The van der Waals surface area contributed by atoms with Gasteiger partial charge in [0.2, 0.25) is 0 Å². The topological polar surface area (TPSA) is 58.5 Å². The monoisotopic (exact) mass is 352 g/mol. The molecule has 23 heavy (non-hydrogen) atoms. The summed E-state index contributed by atoms with van der Waals surface area (Å²) >= 11 is 7.58. The van der Waals surface area contributed by atoms with Crippen molar-refractivity contribution in [2.24, 2.45) is 4.99 Å². The summed E-state index contributed by atoms with van der Waals surface area (Å²) in [5, 5.41) is 10.3. The number of hydrogen-bond donors (Lipinski definition) is 2. The lowest BCUT2D eigenvalue weighted by atomic mass is 10.3. The van der Waals surface area contributed by atoms with Crippen LogP contribution in [0.5, 0.6) is 5.75 Å². The van der Waals surface area contributed by atoms with Crippen LogP contribution in [-0.2, 0) is 6.42 Å². The molecular formula is C16H21ClN4OS. The van der Waals surface area contributed by atoms with Gasteiger partial charge in [-0.15, -0.1) is 11.3 Å². The lowest BCUT2D eigenvalue weighted by molar-refractivity contribution is 0.322. The Bertz CT molecular complexity index is 645. The minimum absolute atomic E-state index is 0.534. The summed E-state index contributed by atoms with van der Waals surface area (Å²) in [7, 11) is 1.75. The van der Waals surface area contributed by atoms with Gasteiger partial charge in [-0.25, -0.2) is 4.98 Å². The van der Waals surface area contributed by atoms with E-state index in [4.69, 9.17) is 16.3 Å². The van der Waals surface area contributed by atoms with E-state index in [1.165, 1.54) is 0 Å². The predicted molar refractivity (Wildman–Crippen MR) is 96.9 cm³/mol. The number of aryl methyl sites for hydroxylation is 1. The third-order valence-electron chi connectivity index (χ3n) is 3.02. The van der Waals surface area contributed by atoms with Gasteiger partial charge >= 0.3 is 0 Å². The Balaban J connectivity index is 1.63. The van der Waals surface area contributed by atoms with E-state index in [0.29, 0.717) is 18.2 Å². The number of aromatic nitrogens is 1. The molecular weight excluding hydrogens is 332 g/mol. The molecule has 7 heteroatoms. The summed E-state index contributed by atoms with van der Waals surface area (Å²) < 4.78 is 5.62. The van der Waals surface area contributed by atoms with Gasteiger partial charge in [0.1, 0.15) is 12.4 Å². The van der Waals surface area contributed by atoms with Gasteiger partial charge in [0.05, 0.1) is 17.2 Å². The molecule has 0 amide bonds. The standard InChI is InChI=1S/C16H21ClN4OS/c1-12-21-14(11-23-12)6-7-19-16(18-2)20-8-9-22-15-5-3-4-13(17)10-15/h3-5,10-11H,6-9H2,1-2H3,(H2,18,19,20). The number of guanidine groups is 1. The van der Waals surface area contributed by atoms with Crippen LogP contribution in [-0.4, -0.2) is 37.7 Å². The van der Waals surface area contributed by atoms with E-state index in [1.54, 1.807) is 24.5 Å². The van der Waals surface area contributed by atoms with Crippen LogP contribution >= 0.6 is 22.9 Å². The summed E-state index contributed by atoms with van der Waals surface area (Å²) in [6, 6.07) is 7.37. The SMILES string of the molecule is CN=C(NCCOc1cccc(Cl)c1)NCCc1csc(C)n1. The number of thiazole rings is 1. The van der Waals surface area contributed by atoms with E-state index in [1.807, 2.05) is 25.1 Å². The highest BCUT2D eigenvalue weighted by Crippen LogP contribution is 2.16. The number of nitrogens with zero attached hydrogens (tertiary/aromatic N) is 2. The van der Waals surface area contributed by atoms with E-state index in [2.05, 4.69) is 26.0 Å². The van der Waals surface area contributed by atoms with Crippen LogP contribution in [0.3, 0.4) is 0 Å². The zero-order chi connectivity index (χ0) is 16.5. The molecule has 0 fully saturated rings. The van der Waals surface area contributed by atoms with Crippen molar-refractivity contribution in [2.45, 2.75) is 13.3 Å². The Kier molecular flexibility index (Phi) is 7.16. The van der Waals surface area contributed by atoms with Crippen LogP contribution in [0.2, 0.25) is 5.02 Å². The summed E-state index contributed by atoms with van der Waals surface area (Å²) in [5.41, 5.74) is 1.11. The number of nitrogens with one attached hydrogen (secondary N) is 2. The molecule has 0 aliphatic rings. The van der Waals surface area contributed by atoms with Gasteiger partial charge in [-0.3, -0.25) is 4.99 Å². The maximum Gasteiger partial charge on any atom is 0.191 e. The molecule has 2 N–H and O–H groups in total. The lowest BCUT2D eigenvalue weighted by Crippen LogP contribution is -2.40. The van der Waals surface area contributed by atoms with E-state index in [9.17, 15) is 0 Å². The highest BCUT2D eigenvalue weighted by molar-refractivity contribution is 7.09. The number of hydrogen-bond acceptors (Lipinski definition) is 4. The van der Waals surface area contributed by atoms with Crippen LogP contribution < -0.4 is 15.4 Å². The highest BCUT2D eigenvalue weighted by atomic mass is 35.5. The Hall–Kier alpha value is -1.79. The first kappa shape index (κ1) is 17.6. The number of halogens is 1. The van der Waals surface area contributed by atoms with Gasteiger partial charge in [-0.05, 0) is 25.1 Å².